The molecule has 0 aromatic heterocycles. The van der Waals surface area contributed by atoms with E-state index < -0.39 is 0 Å². The third-order valence-electron chi connectivity index (χ3n) is 3.53. The Bertz CT molecular complexity index is 484. The predicted molar refractivity (Wildman–Crippen MR) is 75.2 cm³/mol. The first-order valence-electron chi connectivity index (χ1n) is 6.92. The van der Waals surface area contributed by atoms with Crippen LogP contribution < -0.4 is 10.6 Å². The number of benzene rings is 1. The van der Waals surface area contributed by atoms with Crippen LogP contribution in [0.4, 0.5) is 0 Å². The van der Waals surface area contributed by atoms with Crippen LogP contribution in [0.1, 0.15) is 31.7 Å². The summed E-state index contributed by atoms with van der Waals surface area (Å²) in [5.41, 5.74) is 1.15. The van der Waals surface area contributed by atoms with Gasteiger partial charge in [-0.05, 0) is 43.9 Å². The molecule has 2 unspecified atom stereocenters. The molecule has 1 saturated heterocycles. The number of piperidine rings is 1. The van der Waals surface area contributed by atoms with Gasteiger partial charge < -0.3 is 10.4 Å². The zero-order valence-corrected chi connectivity index (χ0v) is 11.6. The third-order valence-corrected chi connectivity index (χ3v) is 3.53. The standard InChI is InChI=1S/C15H20N2O3/c1-10(2-3-11-4-6-12(18)7-5-11)16-13-8-9-14(19)17-15(13)20/h4-7,10,13,16,18H,2-3,8-9H2,1H3,(H,17,19,20). The highest BCUT2D eigenvalue weighted by molar-refractivity contribution is 6.00. The summed E-state index contributed by atoms with van der Waals surface area (Å²) in [4.78, 5) is 22.7. The molecule has 20 heavy (non-hydrogen) atoms. The van der Waals surface area contributed by atoms with Crippen LogP contribution >= 0.6 is 0 Å². The van der Waals surface area contributed by atoms with Crippen molar-refractivity contribution < 1.29 is 14.7 Å². The molecule has 0 radical (unpaired) electrons. The molecule has 108 valence electrons. The summed E-state index contributed by atoms with van der Waals surface area (Å²) >= 11 is 0. The van der Waals surface area contributed by atoms with E-state index in [1.54, 1.807) is 12.1 Å². The largest absolute Gasteiger partial charge is 0.508 e. The molecule has 1 aromatic carbocycles. The summed E-state index contributed by atoms with van der Waals surface area (Å²) in [5, 5.41) is 14.8. The smallest absolute Gasteiger partial charge is 0.243 e. The van der Waals surface area contributed by atoms with Gasteiger partial charge >= 0.3 is 0 Å². The van der Waals surface area contributed by atoms with Crippen molar-refractivity contribution >= 4 is 11.8 Å². The SMILES string of the molecule is CC(CCc1ccc(O)cc1)NC1CCC(=O)NC1=O. The first kappa shape index (κ1) is 14.5. The maximum Gasteiger partial charge on any atom is 0.243 e. The summed E-state index contributed by atoms with van der Waals surface area (Å²) in [6.07, 6.45) is 2.73. The third kappa shape index (κ3) is 4.06. The number of aryl methyl sites for hydroxylation is 1. The number of carbonyl (C=O) groups is 2. The molecule has 3 N–H and O–H groups in total. The van der Waals surface area contributed by atoms with E-state index in [4.69, 9.17) is 0 Å². The second-order valence-corrected chi connectivity index (χ2v) is 5.28. The summed E-state index contributed by atoms with van der Waals surface area (Å²) in [5.74, 6) is -0.147. The number of phenols is 1. The second kappa shape index (κ2) is 6.52. The number of rotatable bonds is 5. The average Bonchev–Trinajstić information content (AvgIpc) is 2.41. The Kier molecular flexibility index (Phi) is 4.74. The van der Waals surface area contributed by atoms with E-state index in [2.05, 4.69) is 10.6 Å². The van der Waals surface area contributed by atoms with Crippen LogP contribution in [0, 0.1) is 0 Å². The summed E-state index contributed by atoms with van der Waals surface area (Å²) in [6.45, 7) is 2.03. The van der Waals surface area contributed by atoms with E-state index in [9.17, 15) is 14.7 Å². The van der Waals surface area contributed by atoms with Crippen LogP contribution in [-0.2, 0) is 16.0 Å². The normalized spacial score (nSPS) is 20.6. The number of nitrogens with one attached hydrogen (secondary N) is 2. The van der Waals surface area contributed by atoms with Crippen molar-refractivity contribution in [2.45, 2.75) is 44.7 Å². The highest BCUT2D eigenvalue weighted by atomic mass is 16.3. The molecule has 1 aromatic rings. The molecule has 0 saturated carbocycles. The number of phenolic OH excluding ortho intramolecular Hbond substituents is 1. The van der Waals surface area contributed by atoms with Gasteiger partial charge in [0.1, 0.15) is 5.75 Å². The maximum atomic E-state index is 11.6. The van der Waals surface area contributed by atoms with Crippen LogP contribution in [0.25, 0.3) is 0 Å². The van der Waals surface area contributed by atoms with Crippen LogP contribution in [0.2, 0.25) is 0 Å². The second-order valence-electron chi connectivity index (χ2n) is 5.28. The zero-order valence-electron chi connectivity index (χ0n) is 11.6. The number of aromatic hydroxyl groups is 1. The van der Waals surface area contributed by atoms with Gasteiger partial charge in [-0.1, -0.05) is 12.1 Å². The lowest BCUT2D eigenvalue weighted by molar-refractivity contribution is -0.134. The molecule has 1 aliphatic heterocycles. The van der Waals surface area contributed by atoms with Gasteiger partial charge in [0, 0.05) is 12.5 Å². The molecule has 0 bridgehead atoms. The fraction of sp³-hybridized carbons (Fsp3) is 0.467. The lowest BCUT2D eigenvalue weighted by Crippen LogP contribution is -2.52. The molecule has 1 heterocycles. The summed E-state index contributed by atoms with van der Waals surface area (Å²) in [7, 11) is 0. The van der Waals surface area contributed by atoms with Crippen molar-refractivity contribution in [2.24, 2.45) is 0 Å². The Morgan fingerprint density at radius 3 is 2.70 bits per heavy atom. The van der Waals surface area contributed by atoms with Crippen molar-refractivity contribution in [3.8, 4) is 5.75 Å². The molecule has 5 nitrogen and oxygen atoms in total. The van der Waals surface area contributed by atoms with E-state index >= 15 is 0 Å². The molecule has 1 aliphatic rings. The minimum absolute atomic E-state index is 0.188. The fourth-order valence-corrected chi connectivity index (χ4v) is 2.33. The van der Waals surface area contributed by atoms with Crippen LogP contribution in [0.15, 0.2) is 24.3 Å². The van der Waals surface area contributed by atoms with Crippen LogP contribution in [0.5, 0.6) is 5.75 Å². The maximum absolute atomic E-state index is 11.6. The first-order chi connectivity index (χ1) is 9.54. The van der Waals surface area contributed by atoms with E-state index in [-0.39, 0.29) is 29.6 Å². The molecular weight excluding hydrogens is 256 g/mol. The van der Waals surface area contributed by atoms with Crippen molar-refractivity contribution in [2.75, 3.05) is 0 Å². The first-order valence-corrected chi connectivity index (χ1v) is 6.92. The highest BCUT2D eigenvalue weighted by Gasteiger charge is 2.27. The lowest BCUT2D eigenvalue weighted by atomic mass is 10.0. The number of hydrogen-bond donors (Lipinski definition) is 3. The van der Waals surface area contributed by atoms with E-state index in [0.717, 1.165) is 18.4 Å². The van der Waals surface area contributed by atoms with Crippen molar-refractivity contribution in [3.05, 3.63) is 29.8 Å². The molecule has 5 heteroatoms. The van der Waals surface area contributed by atoms with Gasteiger partial charge in [0.25, 0.3) is 0 Å². The number of carbonyl (C=O) groups excluding carboxylic acids is 2. The number of amides is 2. The van der Waals surface area contributed by atoms with Crippen molar-refractivity contribution in [3.63, 3.8) is 0 Å². The fourth-order valence-electron chi connectivity index (χ4n) is 2.33. The Labute approximate surface area is 118 Å². The van der Waals surface area contributed by atoms with Gasteiger partial charge in [-0.2, -0.15) is 0 Å². The van der Waals surface area contributed by atoms with E-state index in [1.807, 2.05) is 19.1 Å². The molecule has 2 amide bonds. The minimum Gasteiger partial charge on any atom is -0.508 e. The Balaban J connectivity index is 1.77. The van der Waals surface area contributed by atoms with Crippen LogP contribution in [-0.4, -0.2) is 29.0 Å². The number of imide groups is 1. The van der Waals surface area contributed by atoms with E-state index in [0.29, 0.717) is 12.8 Å². The zero-order chi connectivity index (χ0) is 14.5. The molecule has 0 aliphatic carbocycles. The van der Waals surface area contributed by atoms with Gasteiger partial charge in [0.2, 0.25) is 11.8 Å². The molecule has 0 spiro atoms. The predicted octanol–water partition coefficient (Wildman–Crippen LogP) is 1.11. The Hall–Kier alpha value is -1.88. The van der Waals surface area contributed by atoms with Crippen LogP contribution in [0.3, 0.4) is 0 Å². The average molecular weight is 276 g/mol. The van der Waals surface area contributed by atoms with Gasteiger partial charge in [0.15, 0.2) is 0 Å². The highest BCUT2D eigenvalue weighted by Crippen LogP contribution is 2.13. The number of hydrogen-bond acceptors (Lipinski definition) is 4. The topological polar surface area (TPSA) is 78.4 Å². The van der Waals surface area contributed by atoms with Gasteiger partial charge in [-0.15, -0.1) is 0 Å². The lowest BCUT2D eigenvalue weighted by Gasteiger charge is -2.25. The van der Waals surface area contributed by atoms with Crippen molar-refractivity contribution in [1.82, 2.24) is 10.6 Å². The Morgan fingerprint density at radius 2 is 2.05 bits per heavy atom. The van der Waals surface area contributed by atoms with Gasteiger partial charge in [-0.3, -0.25) is 14.9 Å². The quantitative estimate of drug-likeness (QED) is 0.704. The van der Waals surface area contributed by atoms with Gasteiger partial charge in [0.05, 0.1) is 6.04 Å². The van der Waals surface area contributed by atoms with E-state index in [1.165, 1.54) is 0 Å². The minimum atomic E-state index is -0.275. The van der Waals surface area contributed by atoms with Crippen molar-refractivity contribution in [1.29, 1.82) is 0 Å². The summed E-state index contributed by atoms with van der Waals surface area (Å²) < 4.78 is 0. The Morgan fingerprint density at radius 1 is 1.35 bits per heavy atom. The summed E-state index contributed by atoms with van der Waals surface area (Å²) in [6, 6.07) is 7.05. The van der Waals surface area contributed by atoms with Gasteiger partial charge in [-0.25, -0.2) is 0 Å². The molecular formula is C15H20N2O3. The molecule has 2 atom stereocenters. The molecule has 2 rings (SSSR count). The monoisotopic (exact) mass is 276 g/mol. The molecule has 1 fully saturated rings.